The highest BCUT2D eigenvalue weighted by molar-refractivity contribution is 8.00. The van der Waals surface area contributed by atoms with Gasteiger partial charge >= 0.3 is 0 Å². The van der Waals surface area contributed by atoms with Gasteiger partial charge in [0.15, 0.2) is 0 Å². The molecule has 0 fully saturated rings. The quantitative estimate of drug-likeness (QED) is 0.166. The molecule has 292 valence electrons. The Morgan fingerprint density at radius 3 is 1.81 bits per heavy atom. The van der Waals surface area contributed by atoms with E-state index in [4.69, 9.17) is 0 Å². The van der Waals surface area contributed by atoms with Crippen LogP contribution in [-0.2, 0) is 0 Å². The first-order chi connectivity index (χ1) is 30.7. The molecule has 0 saturated heterocycles. The molecular formula is C58H39N3S. The van der Waals surface area contributed by atoms with E-state index in [1.807, 2.05) is 11.8 Å². The molecule has 2 atom stereocenters. The first-order valence-corrected chi connectivity index (χ1v) is 22.3. The van der Waals surface area contributed by atoms with Crippen molar-refractivity contribution in [2.45, 2.75) is 16.1 Å². The largest absolute Gasteiger partial charge is 0.310 e. The molecule has 0 bridgehead atoms. The fraction of sp³-hybridized carbons (Fsp3) is 0.0345. The number of benzene rings is 9. The Bertz CT molecular complexity index is 3610. The molecule has 9 aromatic carbocycles. The van der Waals surface area contributed by atoms with Gasteiger partial charge in [0.25, 0.3) is 0 Å². The molecule has 11 aromatic rings. The average Bonchev–Trinajstić information content (AvgIpc) is 4.00. The van der Waals surface area contributed by atoms with Gasteiger partial charge in [0, 0.05) is 66.0 Å². The second kappa shape index (κ2) is 14.0. The Morgan fingerprint density at radius 2 is 0.984 bits per heavy atom. The monoisotopic (exact) mass is 809 g/mol. The highest BCUT2D eigenvalue weighted by Crippen LogP contribution is 2.50. The molecule has 2 unspecified atom stereocenters. The molecule has 1 aliphatic heterocycles. The molecule has 2 aromatic heterocycles. The fourth-order valence-electron chi connectivity index (χ4n) is 10.2. The van der Waals surface area contributed by atoms with Crippen LogP contribution in [0.3, 0.4) is 0 Å². The van der Waals surface area contributed by atoms with Crippen LogP contribution in [-0.4, -0.2) is 14.4 Å². The van der Waals surface area contributed by atoms with Crippen LogP contribution in [0.2, 0.25) is 0 Å². The number of anilines is 3. The van der Waals surface area contributed by atoms with Crippen LogP contribution in [0.15, 0.2) is 229 Å². The van der Waals surface area contributed by atoms with Crippen molar-refractivity contribution in [3.05, 3.63) is 230 Å². The minimum absolute atomic E-state index is 0.420. The normalized spacial score (nSPS) is 15.5. The van der Waals surface area contributed by atoms with Crippen molar-refractivity contribution in [2.75, 3.05) is 4.90 Å². The summed E-state index contributed by atoms with van der Waals surface area (Å²) in [6, 6.07) is 73.7. The first kappa shape index (κ1) is 35.2. The lowest BCUT2D eigenvalue weighted by Gasteiger charge is -2.26. The molecule has 0 spiro atoms. The summed E-state index contributed by atoms with van der Waals surface area (Å²) in [4.78, 5) is 3.79. The van der Waals surface area contributed by atoms with Crippen molar-refractivity contribution in [2.24, 2.45) is 0 Å². The Hall–Kier alpha value is -7.53. The number of para-hydroxylation sites is 3. The Morgan fingerprint density at radius 1 is 0.403 bits per heavy atom. The zero-order valence-corrected chi connectivity index (χ0v) is 34.6. The number of hydrogen-bond acceptors (Lipinski definition) is 2. The van der Waals surface area contributed by atoms with Gasteiger partial charge in [-0.3, -0.25) is 0 Å². The van der Waals surface area contributed by atoms with Crippen molar-refractivity contribution in [1.29, 1.82) is 0 Å². The van der Waals surface area contributed by atoms with E-state index in [1.165, 1.54) is 76.0 Å². The number of allylic oxidation sites excluding steroid dienone is 3. The van der Waals surface area contributed by atoms with Gasteiger partial charge in [-0.2, -0.15) is 0 Å². The minimum Gasteiger partial charge on any atom is -0.310 e. The van der Waals surface area contributed by atoms with E-state index < -0.39 is 0 Å². The van der Waals surface area contributed by atoms with Gasteiger partial charge in [0.2, 0.25) is 0 Å². The molecular weight excluding hydrogens is 771 g/mol. The molecule has 0 amide bonds. The zero-order valence-electron chi connectivity index (χ0n) is 33.8. The maximum absolute atomic E-state index is 2.43. The molecule has 3 nitrogen and oxygen atoms in total. The predicted molar refractivity (Wildman–Crippen MR) is 263 cm³/mol. The third kappa shape index (κ3) is 5.47. The number of thioether (sulfide) groups is 1. The van der Waals surface area contributed by atoms with Crippen LogP contribution in [0.4, 0.5) is 17.1 Å². The Labute approximate surface area is 364 Å². The highest BCUT2D eigenvalue weighted by atomic mass is 32.2. The summed E-state index contributed by atoms with van der Waals surface area (Å²) in [5, 5.41) is 8.05. The number of aromatic nitrogens is 2. The summed E-state index contributed by atoms with van der Waals surface area (Å²) in [6.45, 7) is 0. The highest BCUT2D eigenvalue weighted by Gasteiger charge is 2.32. The summed E-state index contributed by atoms with van der Waals surface area (Å²) in [6.07, 6.45) is 9.08. The lowest BCUT2D eigenvalue weighted by Crippen LogP contribution is -2.10. The first-order valence-electron chi connectivity index (χ1n) is 21.4. The van der Waals surface area contributed by atoms with E-state index in [1.54, 1.807) is 0 Å². The van der Waals surface area contributed by atoms with Crippen LogP contribution < -0.4 is 4.90 Å². The van der Waals surface area contributed by atoms with Gasteiger partial charge in [-0.25, -0.2) is 0 Å². The van der Waals surface area contributed by atoms with Gasteiger partial charge in [0.1, 0.15) is 0 Å². The minimum atomic E-state index is 0.420. The van der Waals surface area contributed by atoms with Crippen LogP contribution in [0.5, 0.6) is 0 Å². The molecule has 0 radical (unpaired) electrons. The molecule has 0 saturated carbocycles. The average molecular weight is 810 g/mol. The van der Waals surface area contributed by atoms with Gasteiger partial charge in [-0.15, -0.1) is 11.8 Å². The van der Waals surface area contributed by atoms with Gasteiger partial charge in [-0.1, -0.05) is 140 Å². The molecule has 13 rings (SSSR count). The fourth-order valence-corrected chi connectivity index (χ4v) is 11.6. The van der Waals surface area contributed by atoms with Crippen LogP contribution in [0, 0.1) is 0 Å². The second-order valence-electron chi connectivity index (χ2n) is 16.5. The van der Waals surface area contributed by atoms with Crippen LogP contribution in [0.25, 0.3) is 76.9 Å². The van der Waals surface area contributed by atoms with Crippen molar-refractivity contribution < 1.29 is 0 Å². The molecule has 1 aliphatic carbocycles. The summed E-state index contributed by atoms with van der Waals surface area (Å²) in [5.74, 6) is 0.420. The number of nitrogens with zero attached hydrogens (tertiary/aromatic N) is 3. The smallest absolute Gasteiger partial charge is 0.0547 e. The maximum Gasteiger partial charge on any atom is 0.0547 e. The standard InChI is InChI=1S/C58H39N3S/c1-2-13-41(14-3-1)60-52-19-9-6-16-47(52)51-36-44(32-35-54(51)60)59(45-31-33-49-48-17-8-11-21-56(48)62-57(49)37-45)42-27-22-38(23-28-42)39-24-29-43(30-25-39)61-53-20-10-7-18-50(53)58-46-15-5-4-12-40(46)26-34-55(58)61/h1-37,48,56H. The van der Waals surface area contributed by atoms with Crippen LogP contribution >= 0.6 is 11.8 Å². The third-order valence-corrected chi connectivity index (χ3v) is 14.4. The number of fused-ring (bicyclic) bond motifs is 11. The topological polar surface area (TPSA) is 13.1 Å². The number of rotatable bonds is 6. The van der Waals surface area contributed by atoms with Crippen molar-refractivity contribution >= 4 is 83.2 Å². The van der Waals surface area contributed by atoms with Crippen LogP contribution in [0.1, 0.15) is 11.5 Å². The SMILES string of the molecule is C1=CC2Sc3cc(N(c4ccc(-c5ccc(-n6c7ccccc7c7c8ccccc8ccc76)cc5)cc4)c4ccc5c(c4)c4ccccc4n5-c4ccccc4)ccc3C2C=C1. The molecule has 3 heterocycles. The second-order valence-corrected chi connectivity index (χ2v) is 17.7. The molecule has 0 N–H and O–H groups in total. The summed E-state index contributed by atoms with van der Waals surface area (Å²) >= 11 is 1.98. The van der Waals surface area contributed by atoms with E-state index in [-0.39, 0.29) is 0 Å². The third-order valence-electron chi connectivity index (χ3n) is 13.0. The van der Waals surface area contributed by atoms with Gasteiger partial charge in [-0.05, 0) is 112 Å². The zero-order chi connectivity index (χ0) is 40.7. The lowest BCUT2D eigenvalue weighted by atomic mass is 9.92. The Kier molecular flexibility index (Phi) is 7.97. The molecule has 4 heteroatoms. The van der Waals surface area contributed by atoms with Gasteiger partial charge < -0.3 is 14.0 Å². The van der Waals surface area contributed by atoms with E-state index in [0.717, 1.165) is 28.4 Å². The summed E-state index contributed by atoms with van der Waals surface area (Å²) < 4.78 is 4.79. The Balaban J connectivity index is 0.907. The van der Waals surface area contributed by atoms with Crippen molar-refractivity contribution in [3.8, 4) is 22.5 Å². The van der Waals surface area contributed by atoms with E-state index >= 15 is 0 Å². The maximum atomic E-state index is 2.43. The van der Waals surface area contributed by atoms with Gasteiger partial charge in [0.05, 0.1) is 22.1 Å². The van der Waals surface area contributed by atoms with E-state index in [0.29, 0.717) is 11.2 Å². The van der Waals surface area contributed by atoms with Crippen molar-refractivity contribution in [3.63, 3.8) is 0 Å². The van der Waals surface area contributed by atoms with E-state index in [9.17, 15) is 0 Å². The number of hydrogen-bond donors (Lipinski definition) is 0. The van der Waals surface area contributed by atoms with E-state index in [2.05, 4.69) is 239 Å². The summed E-state index contributed by atoms with van der Waals surface area (Å²) in [7, 11) is 0. The summed E-state index contributed by atoms with van der Waals surface area (Å²) in [5.41, 5.74) is 14.4. The van der Waals surface area contributed by atoms with Crippen molar-refractivity contribution in [1.82, 2.24) is 9.13 Å². The lowest BCUT2D eigenvalue weighted by molar-refractivity contribution is 0.881. The predicted octanol–water partition coefficient (Wildman–Crippen LogP) is 15.9. The molecule has 2 aliphatic rings. The molecule has 62 heavy (non-hydrogen) atoms.